The molecule has 14 heteroatoms. The second kappa shape index (κ2) is 42.1. The van der Waals surface area contributed by atoms with E-state index in [2.05, 4.69) is 29.4 Å². The molecule has 0 rings (SSSR count). The molecule has 0 aromatic carbocycles. The lowest BCUT2D eigenvalue weighted by Gasteiger charge is -2.29. The Kier molecular flexibility index (Phi) is 41.6. The molecule has 0 atom stereocenters. The van der Waals surface area contributed by atoms with Crippen LogP contribution in [0, 0.1) is 0 Å². The molecule has 0 amide bonds. The van der Waals surface area contributed by atoms with Crippen molar-refractivity contribution in [2.75, 3.05) is 171 Å². The molecule has 8 N–H and O–H groups in total. The number of hydrogen-bond acceptors (Lipinski definition) is 14. The predicted molar refractivity (Wildman–Crippen MR) is 220 cm³/mol. The summed E-state index contributed by atoms with van der Waals surface area (Å²) in [5, 5.41) is 75.0. The van der Waals surface area contributed by atoms with E-state index in [4.69, 9.17) is 0 Å². The van der Waals surface area contributed by atoms with Gasteiger partial charge in [-0.2, -0.15) is 0 Å². The first kappa shape index (κ1) is 53.4. The van der Waals surface area contributed by atoms with Crippen LogP contribution in [0.5, 0.6) is 0 Å². The molecule has 0 aromatic rings. The highest BCUT2D eigenvalue weighted by molar-refractivity contribution is 4.69. The zero-order valence-corrected chi connectivity index (χ0v) is 34.5. The predicted octanol–water partition coefficient (Wildman–Crippen LogP) is 0.198. The summed E-state index contributed by atoms with van der Waals surface area (Å²) in [6.07, 6.45) is 12.3. The van der Waals surface area contributed by atoms with Gasteiger partial charge in [-0.1, -0.05) is 0 Å². The lowest BCUT2D eigenvalue weighted by Crippen LogP contribution is -2.36. The molecule has 326 valence electrons. The van der Waals surface area contributed by atoms with E-state index in [0.29, 0.717) is 0 Å². The maximum atomic E-state index is 9.38. The molecular formula is C40H88N6O8. The first-order valence-corrected chi connectivity index (χ1v) is 21.7. The van der Waals surface area contributed by atoms with Gasteiger partial charge in [0.2, 0.25) is 0 Å². The van der Waals surface area contributed by atoms with E-state index in [0.717, 1.165) is 208 Å². The molecule has 0 spiro atoms. The number of rotatable bonds is 45. The van der Waals surface area contributed by atoms with Crippen molar-refractivity contribution in [2.45, 2.75) is 89.9 Å². The van der Waals surface area contributed by atoms with Gasteiger partial charge in [0.25, 0.3) is 0 Å². The fourth-order valence-corrected chi connectivity index (χ4v) is 7.11. The molecule has 0 bridgehead atoms. The third-order valence-corrected chi connectivity index (χ3v) is 10.1. The van der Waals surface area contributed by atoms with Crippen LogP contribution in [0.2, 0.25) is 0 Å². The van der Waals surface area contributed by atoms with Gasteiger partial charge in [-0.3, -0.25) is 0 Å². The first-order chi connectivity index (χ1) is 26.5. The monoisotopic (exact) mass is 781 g/mol. The Morgan fingerprint density at radius 1 is 0.148 bits per heavy atom. The van der Waals surface area contributed by atoms with E-state index in [1.165, 1.54) is 0 Å². The molecular weight excluding hydrogens is 692 g/mol. The van der Waals surface area contributed by atoms with Crippen molar-refractivity contribution in [2.24, 2.45) is 0 Å². The molecule has 0 fully saturated rings. The molecule has 0 saturated heterocycles. The largest absolute Gasteiger partial charge is 0.396 e. The van der Waals surface area contributed by atoms with E-state index in [9.17, 15) is 40.9 Å². The Hall–Kier alpha value is -0.560. The molecule has 14 nitrogen and oxygen atoms in total. The van der Waals surface area contributed by atoms with Crippen LogP contribution in [0.1, 0.15) is 89.9 Å². The van der Waals surface area contributed by atoms with Crippen molar-refractivity contribution in [1.82, 2.24) is 29.4 Å². The van der Waals surface area contributed by atoms with Gasteiger partial charge in [0.1, 0.15) is 0 Å². The smallest absolute Gasteiger partial charge is 0.0443 e. The molecule has 0 aliphatic heterocycles. The number of unbranched alkanes of at least 4 members (excludes halogenated alkanes) is 1. The fourth-order valence-electron chi connectivity index (χ4n) is 7.11. The Bertz CT molecular complexity index is 596. The van der Waals surface area contributed by atoms with Crippen LogP contribution in [0.15, 0.2) is 0 Å². The van der Waals surface area contributed by atoms with Crippen LogP contribution in [0.3, 0.4) is 0 Å². The third kappa shape index (κ3) is 33.6. The molecule has 0 aliphatic rings. The Morgan fingerprint density at radius 2 is 0.259 bits per heavy atom. The molecule has 0 unspecified atom stereocenters. The zero-order valence-electron chi connectivity index (χ0n) is 34.5. The van der Waals surface area contributed by atoms with Gasteiger partial charge in [-0.05, 0) is 155 Å². The number of aliphatic hydroxyl groups is 8. The number of nitrogens with zero attached hydrogens (tertiary/aromatic N) is 6. The minimum absolute atomic E-state index is 0.180. The van der Waals surface area contributed by atoms with Gasteiger partial charge in [0.05, 0.1) is 0 Å². The van der Waals surface area contributed by atoms with Gasteiger partial charge in [0.15, 0.2) is 0 Å². The average molecular weight is 781 g/mol. The molecule has 54 heavy (non-hydrogen) atoms. The summed E-state index contributed by atoms with van der Waals surface area (Å²) < 4.78 is 0. The Labute approximate surface area is 330 Å². The van der Waals surface area contributed by atoms with Gasteiger partial charge in [-0.25, -0.2) is 0 Å². The Balaban J connectivity index is 5.42. The summed E-state index contributed by atoms with van der Waals surface area (Å²) in [4.78, 5) is 14.6. The van der Waals surface area contributed by atoms with Crippen molar-refractivity contribution >= 4 is 0 Å². The summed E-state index contributed by atoms with van der Waals surface area (Å²) in [7, 11) is 0. The zero-order chi connectivity index (χ0) is 39.7. The molecule has 0 aliphatic carbocycles. The van der Waals surface area contributed by atoms with E-state index in [1.54, 1.807) is 0 Å². The summed E-state index contributed by atoms with van der Waals surface area (Å²) in [6, 6.07) is 0. The summed E-state index contributed by atoms with van der Waals surface area (Å²) in [5.74, 6) is 0. The lowest BCUT2D eigenvalue weighted by atomic mass is 10.2. The maximum absolute atomic E-state index is 9.38. The summed E-state index contributed by atoms with van der Waals surface area (Å²) in [5.41, 5.74) is 0. The highest BCUT2D eigenvalue weighted by Crippen LogP contribution is 2.08. The van der Waals surface area contributed by atoms with Crippen molar-refractivity contribution < 1.29 is 40.9 Å². The summed E-state index contributed by atoms with van der Waals surface area (Å²) >= 11 is 0. The Morgan fingerprint density at radius 3 is 0.389 bits per heavy atom. The quantitative estimate of drug-likeness (QED) is 0.0393. The van der Waals surface area contributed by atoms with Crippen LogP contribution < -0.4 is 0 Å². The van der Waals surface area contributed by atoms with Gasteiger partial charge in [-0.15, -0.1) is 0 Å². The lowest BCUT2D eigenvalue weighted by molar-refractivity contribution is 0.170. The minimum atomic E-state index is 0.180. The first-order valence-electron chi connectivity index (χ1n) is 21.7. The van der Waals surface area contributed by atoms with Gasteiger partial charge >= 0.3 is 0 Å². The SMILES string of the molecule is OCCCN(CCCO)CCCN(CCCCN(CCCN(CCCO)CCCO)CCCN(CCCO)CCCO)CCCN(CCCO)CCCO. The molecule has 0 heterocycles. The van der Waals surface area contributed by atoms with Crippen molar-refractivity contribution in [3.8, 4) is 0 Å². The third-order valence-electron chi connectivity index (χ3n) is 10.1. The van der Waals surface area contributed by atoms with Crippen molar-refractivity contribution in [3.05, 3.63) is 0 Å². The van der Waals surface area contributed by atoms with E-state index in [-0.39, 0.29) is 52.9 Å². The van der Waals surface area contributed by atoms with Crippen molar-refractivity contribution in [3.63, 3.8) is 0 Å². The average Bonchev–Trinajstić information content (AvgIpc) is 3.18. The van der Waals surface area contributed by atoms with Crippen LogP contribution in [-0.2, 0) is 0 Å². The second-order valence-corrected chi connectivity index (χ2v) is 14.8. The molecule has 0 radical (unpaired) electrons. The van der Waals surface area contributed by atoms with Crippen LogP contribution in [0.4, 0.5) is 0 Å². The fraction of sp³-hybridized carbons (Fsp3) is 1.00. The maximum Gasteiger partial charge on any atom is 0.0443 e. The number of aliphatic hydroxyl groups excluding tert-OH is 8. The van der Waals surface area contributed by atoms with E-state index < -0.39 is 0 Å². The van der Waals surface area contributed by atoms with Crippen LogP contribution in [0.25, 0.3) is 0 Å². The highest BCUT2D eigenvalue weighted by atomic mass is 16.3. The molecule has 0 aromatic heterocycles. The standard InChI is InChI=1S/C40H88N6O8/c47-33-7-25-43(26-8-34-48)21-3-17-41(18-4-22-44(27-9-35-49)28-10-36-50)15-1-2-16-42(19-5-23-45(29-11-37-51)30-12-38-52)20-6-24-46(31-13-39-53)32-14-40-54/h47-54H,1-40H2. The molecule has 0 saturated carbocycles. The van der Waals surface area contributed by atoms with E-state index in [1.807, 2.05) is 0 Å². The van der Waals surface area contributed by atoms with E-state index >= 15 is 0 Å². The van der Waals surface area contributed by atoms with Gasteiger partial charge < -0.3 is 70.3 Å². The minimum Gasteiger partial charge on any atom is -0.396 e. The summed E-state index contributed by atoms with van der Waals surface area (Å²) in [6.45, 7) is 18.1. The number of hydrogen-bond donors (Lipinski definition) is 8. The highest BCUT2D eigenvalue weighted by Gasteiger charge is 2.13. The second-order valence-electron chi connectivity index (χ2n) is 14.8. The van der Waals surface area contributed by atoms with Crippen molar-refractivity contribution in [1.29, 1.82) is 0 Å². The topological polar surface area (TPSA) is 181 Å². The van der Waals surface area contributed by atoms with Crippen LogP contribution >= 0.6 is 0 Å². The van der Waals surface area contributed by atoms with Crippen LogP contribution in [-0.4, -0.2) is 241 Å². The van der Waals surface area contributed by atoms with Gasteiger partial charge in [0, 0.05) is 105 Å². The normalized spacial score (nSPS) is 12.3.